The lowest BCUT2D eigenvalue weighted by molar-refractivity contribution is 0.0950. The summed E-state index contributed by atoms with van der Waals surface area (Å²) in [5, 5.41) is 4.14. The third kappa shape index (κ3) is 5.48. The molecular weight excluding hydrogens is 406 g/mol. The second-order valence-corrected chi connectivity index (χ2v) is 9.53. The molecule has 0 aliphatic carbocycles. The van der Waals surface area contributed by atoms with Gasteiger partial charge in [0.05, 0.1) is 23.0 Å². The Bertz CT molecular complexity index is 1050. The summed E-state index contributed by atoms with van der Waals surface area (Å²) in [5.74, 6) is 0.423. The molecular formula is C29H41N3O. The fourth-order valence-electron chi connectivity index (χ4n) is 4.82. The lowest BCUT2D eigenvalue weighted by Gasteiger charge is -2.19. The van der Waals surface area contributed by atoms with E-state index in [9.17, 15) is 4.79 Å². The van der Waals surface area contributed by atoms with E-state index in [2.05, 4.69) is 81.9 Å². The smallest absolute Gasteiger partial charge is 0.253 e. The molecule has 0 fully saturated rings. The molecule has 0 spiro atoms. The van der Waals surface area contributed by atoms with Gasteiger partial charge in [-0.1, -0.05) is 72.6 Å². The number of carbonyl (C=O) groups is 1. The number of nitrogens with zero attached hydrogens (tertiary/aromatic N) is 2. The van der Waals surface area contributed by atoms with Crippen LogP contribution in [-0.2, 0) is 12.8 Å². The molecule has 33 heavy (non-hydrogen) atoms. The number of aromatic nitrogens is 2. The number of carbonyl (C=O) groups excluding carboxylic acids is 1. The van der Waals surface area contributed by atoms with E-state index in [1.807, 2.05) is 6.20 Å². The van der Waals surface area contributed by atoms with Crippen LogP contribution in [0.25, 0.3) is 22.2 Å². The van der Waals surface area contributed by atoms with Crippen molar-refractivity contribution in [3.8, 4) is 11.3 Å². The lowest BCUT2D eigenvalue weighted by atomic mass is 9.94. The minimum atomic E-state index is 0.0100. The van der Waals surface area contributed by atoms with Crippen LogP contribution in [0.5, 0.6) is 0 Å². The van der Waals surface area contributed by atoms with Crippen LogP contribution in [0.15, 0.2) is 36.7 Å². The fraction of sp³-hybridized carbons (Fsp3) is 0.517. The Morgan fingerprint density at radius 2 is 1.67 bits per heavy atom. The molecule has 1 amide bonds. The zero-order chi connectivity index (χ0) is 24.0. The van der Waals surface area contributed by atoms with Crippen molar-refractivity contribution in [2.45, 2.75) is 86.1 Å². The van der Waals surface area contributed by atoms with E-state index >= 15 is 0 Å². The average Bonchev–Trinajstić information content (AvgIpc) is 3.20. The van der Waals surface area contributed by atoms with Gasteiger partial charge in [-0.25, -0.2) is 0 Å². The summed E-state index contributed by atoms with van der Waals surface area (Å²) in [6.07, 6.45) is 10.4. The summed E-state index contributed by atoms with van der Waals surface area (Å²) in [6.45, 7) is 13.8. The summed E-state index contributed by atoms with van der Waals surface area (Å²) in [7, 11) is 0. The molecule has 4 nitrogen and oxygen atoms in total. The van der Waals surface area contributed by atoms with Gasteiger partial charge in [-0.05, 0) is 48.8 Å². The maximum atomic E-state index is 13.3. The first-order chi connectivity index (χ1) is 15.9. The van der Waals surface area contributed by atoms with Crippen LogP contribution in [0.1, 0.15) is 94.8 Å². The second-order valence-electron chi connectivity index (χ2n) is 9.53. The molecule has 0 bridgehead atoms. The van der Waals surface area contributed by atoms with Crippen molar-refractivity contribution in [2.75, 3.05) is 6.54 Å². The zero-order valence-electron chi connectivity index (χ0n) is 21.4. The van der Waals surface area contributed by atoms with E-state index in [-0.39, 0.29) is 5.91 Å². The Hall–Kier alpha value is -2.62. The van der Waals surface area contributed by atoms with Crippen molar-refractivity contribution in [1.82, 2.24) is 14.9 Å². The van der Waals surface area contributed by atoms with Gasteiger partial charge in [-0.15, -0.1) is 0 Å². The molecule has 178 valence electrons. The van der Waals surface area contributed by atoms with Crippen molar-refractivity contribution < 1.29 is 4.79 Å². The predicted octanol–water partition coefficient (Wildman–Crippen LogP) is 7.36. The van der Waals surface area contributed by atoms with E-state index in [0.29, 0.717) is 18.5 Å². The SMILES string of the molecule is CCCC(CCC)n1cc(C(=O)NCC(C)C)c2cc(-c3c(CC)cccc3CC)ncc21. The highest BCUT2D eigenvalue weighted by atomic mass is 16.1. The summed E-state index contributed by atoms with van der Waals surface area (Å²) in [4.78, 5) is 18.2. The number of benzene rings is 1. The molecule has 1 N–H and O–H groups in total. The highest BCUT2D eigenvalue weighted by molar-refractivity contribution is 6.07. The van der Waals surface area contributed by atoms with Gasteiger partial charge in [0, 0.05) is 29.7 Å². The minimum Gasteiger partial charge on any atom is -0.352 e. The van der Waals surface area contributed by atoms with Crippen LogP contribution < -0.4 is 5.32 Å². The number of nitrogens with one attached hydrogen (secondary N) is 1. The first kappa shape index (κ1) is 25.0. The van der Waals surface area contributed by atoms with E-state index in [4.69, 9.17) is 4.98 Å². The van der Waals surface area contributed by atoms with Crippen molar-refractivity contribution in [3.05, 3.63) is 53.3 Å². The number of hydrogen-bond donors (Lipinski definition) is 1. The summed E-state index contributed by atoms with van der Waals surface area (Å²) in [6, 6.07) is 9.07. The van der Waals surface area contributed by atoms with Crippen molar-refractivity contribution in [3.63, 3.8) is 0 Å². The Balaban J connectivity index is 2.21. The highest BCUT2D eigenvalue weighted by Gasteiger charge is 2.21. The molecule has 3 rings (SSSR count). The Morgan fingerprint density at radius 1 is 1.03 bits per heavy atom. The third-order valence-corrected chi connectivity index (χ3v) is 6.53. The number of fused-ring (bicyclic) bond motifs is 1. The van der Waals surface area contributed by atoms with Crippen LogP contribution in [0.3, 0.4) is 0 Å². The predicted molar refractivity (Wildman–Crippen MR) is 140 cm³/mol. The maximum absolute atomic E-state index is 13.3. The minimum absolute atomic E-state index is 0.0100. The van der Waals surface area contributed by atoms with Gasteiger partial charge in [-0.3, -0.25) is 9.78 Å². The Kier molecular flexibility index (Phi) is 8.71. The van der Waals surface area contributed by atoms with Crippen molar-refractivity contribution in [1.29, 1.82) is 0 Å². The van der Waals surface area contributed by atoms with Crippen LogP contribution in [0, 0.1) is 5.92 Å². The average molecular weight is 448 g/mol. The number of hydrogen-bond acceptors (Lipinski definition) is 2. The normalized spacial score (nSPS) is 11.6. The van der Waals surface area contributed by atoms with E-state index in [0.717, 1.165) is 60.7 Å². The summed E-state index contributed by atoms with van der Waals surface area (Å²) >= 11 is 0. The van der Waals surface area contributed by atoms with Crippen molar-refractivity contribution in [2.24, 2.45) is 5.92 Å². The first-order valence-corrected chi connectivity index (χ1v) is 12.8. The third-order valence-electron chi connectivity index (χ3n) is 6.53. The van der Waals surface area contributed by atoms with Gasteiger partial charge < -0.3 is 9.88 Å². The molecule has 4 heteroatoms. The van der Waals surface area contributed by atoms with Crippen LogP contribution >= 0.6 is 0 Å². The van der Waals surface area contributed by atoms with E-state index in [1.54, 1.807) is 0 Å². The molecule has 1 aromatic carbocycles. The molecule has 0 aliphatic rings. The summed E-state index contributed by atoms with van der Waals surface area (Å²) in [5.41, 5.74) is 6.63. The van der Waals surface area contributed by atoms with Gasteiger partial charge >= 0.3 is 0 Å². The van der Waals surface area contributed by atoms with Crippen LogP contribution in [0.4, 0.5) is 0 Å². The first-order valence-electron chi connectivity index (χ1n) is 12.8. The number of aryl methyl sites for hydroxylation is 2. The second kappa shape index (κ2) is 11.5. The standard InChI is InChI=1S/C29H41N3O/c1-7-12-23(13-8-2)32-19-25(29(33)31-17-20(5)6)24-16-26(30-18-27(24)32)28-21(9-3)14-11-15-22(28)10-4/h11,14-16,18-20,23H,7-10,12-13,17H2,1-6H3,(H,31,33). The van der Waals surface area contributed by atoms with E-state index < -0.39 is 0 Å². The van der Waals surface area contributed by atoms with Gasteiger partial charge in [0.15, 0.2) is 0 Å². The van der Waals surface area contributed by atoms with Gasteiger partial charge in [0.25, 0.3) is 5.91 Å². The molecule has 2 aromatic heterocycles. The Morgan fingerprint density at radius 3 is 2.21 bits per heavy atom. The lowest BCUT2D eigenvalue weighted by Crippen LogP contribution is -2.27. The van der Waals surface area contributed by atoms with Crippen molar-refractivity contribution >= 4 is 16.8 Å². The summed E-state index contributed by atoms with van der Waals surface area (Å²) < 4.78 is 2.32. The molecule has 3 aromatic rings. The zero-order valence-corrected chi connectivity index (χ0v) is 21.4. The molecule has 0 unspecified atom stereocenters. The topological polar surface area (TPSA) is 46.9 Å². The Labute approximate surface area is 199 Å². The van der Waals surface area contributed by atoms with Gasteiger partial charge in [-0.2, -0.15) is 0 Å². The largest absolute Gasteiger partial charge is 0.352 e. The van der Waals surface area contributed by atoms with Crippen LogP contribution in [-0.4, -0.2) is 22.0 Å². The molecule has 0 atom stereocenters. The van der Waals surface area contributed by atoms with Gasteiger partial charge in [0.2, 0.25) is 0 Å². The highest BCUT2D eigenvalue weighted by Crippen LogP contribution is 2.34. The molecule has 0 saturated heterocycles. The molecule has 2 heterocycles. The number of pyridine rings is 1. The quantitative estimate of drug-likeness (QED) is 0.334. The van der Waals surface area contributed by atoms with Crippen LogP contribution in [0.2, 0.25) is 0 Å². The molecule has 0 aliphatic heterocycles. The molecule has 0 radical (unpaired) electrons. The van der Waals surface area contributed by atoms with E-state index in [1.165, 1.54) is 16.7 Å². The number of rotatable bonds is 11. The fourth-order valence-corrected chi connectivity index (χ4v) is 4.82. The monoisotopic (exact) mass is 447 g/mol. The molecule has 0 saturated carbocycles. The maximum Gasteiger partial charge on any atom is 0.253 e. The van der Waals surface area contributed by atoms with Gasteiger partial charge in [0.1, 0.15) is 0 Å². The number of amides is 1.